The van der Waals surface area contributed by atoms with Gasteiger partial charge in [0.25, 0.3) is 0 Å². The van der Waals surface area contributed by atoms with Crippen molar-refractivity contribution < 1.29 is 0 Å². The number of rotatable bonds is 4. The van der Waals surface area contributed by atoms with E-state index in [0.29, 0.717) is 5.92 Å². The Hall–Kier alpha value is -1.04. The van der Waals surface area contributed by atoms with Crippen molar-refractivity contribution >= 4 is 6.08 Å². The molecule has 0 N–H and O–H groups in total. The van der Waals surface area contributed by atoms with Gasteiger partial charge in [-0.3, -0.25) is 0 Å². The van der Waals surface area contributed by atoms with Crippen LogP contribution in [0.4, 0.5) is 0 Å². The summed E-state index contributed by atoms with van der Waals surface area (Å²) >= 11 is 0. The molecule has 2 rings (SSSR count). The van der Waals surface area contributed by atoms with Gasteiger partial charge in [0.15, 0.2) is 0 Å². The average molecular weight is 200 g/mol. The van der Waals surface area contributed by atoms with Crippen LogP contribution in [0.25, 0.3) is 6.08 Å². The van der Waals surface area contributed by atoms with E-state index in [2.05, 4.69) is 50.3 Å². The molecule has 1 aromatic carbocycles. The Morgan fingerprint density at radius 1 is 1.27 bits per heavy atom. The zero-order valence-corrected chi connectivity index (χ0v) is 9.74. The Morgan fingerprint density at radius 2 is 2.07 bits per heavy atom. The SMILES string of the molecule is CCC(C)CCC1C=Cc2ccccc21. The van der Waals surface area contributed by atoms with Crippen molar-refractivity contribution in [1.82, 2.24) is 0 Å². The summed E-state index contributed by atoms with van der Waals surface area (Å²) < 4.78 is 0. The van der Waals surface area contributed by atoms with Gasteiger partial charge in [-0.25, -0.2) is 0 Å². The molecule has 1 aromatic rings. The lowest BCUT2D eigenvalue weighted by Crippen LogP contribution is -1.98. The summed E-state index contributed by atoms with van der Waals surface area (Å²) in [6.07, 6.45) is 8.60. The first kappa shape index (κ1) is 10.5. The Bertz CT molecular complexity index is 349. The molecule has 0 aromatic heterocycles. The van der Waals surface area contributed by atoms with Crippen LogP contribution in [0, 0.1) is 5.92 Å². The van der Waals surface area contributed by atoms with E-state index in [1.54, 1.807) is 0 Å². The summed E-state index contributed by atoms with van der Waals surface area (Å²) in [5, 5.41) is 0. The molecule has 0 amide bonds. The van der Waals surface area contributed by atoms with Crippen molar-refractivity contribution in [3.63, 3.8) is 0 Å². The molecule has 1 aliphatic carbocycles. The van der Waals surface area contributed by atoms with Crippen molar-refractivity contribution in [1.29, 1.82) is 0 Å². The van der Waals surface area contributed by atoms with E-state index in [4.69, 9.17) is 0 Å². The van der Waals surface area contributed by atoms with Crippen molar-refractivity contribution in [2.75, 3.05) is 0 Å². The molecule has 0 radical (unpaired) electrons. The fraction of sp³-hybridized carbons (Fsp3) is 0.467. The van der Waals surface area contributed by atoms with Gasteiger partial charge in [-0.15, -0.1) is 0 Å². The highest BCUT2D eigenvalue weighted by molar-refractivity contribution is 5.62. The van der Waals surface area contributed by atoms with Gasteiger partial charge in [0.05, 0.1) is 0 Å². The van der Waals surface area contributed by atoms with Gasteiger partial charge in [-0.2, -0.15) is 0 Å². The number of hydrogen-bond acceptors (Lipinski definition) is 0. The van der Waals surface area contributed by atoms with Crippen LogP contribution in [-0.2, 0) is 0 Å². The van der Waals surface area contributed by atoms with E-state index in [-0.39, 0.29) is 0 Å². The Kier molecular flexibility index (Phi) is 3.25. The van der Waals surface area contributed by atoms with Crippen LogP contribution in [-0.4, -0.2) is 0 Å². The lowest BCUT2D eigenvalue weighted by molar-refractivity contribution is 0.483. The van der Waals surface area contributed by atoms with Crippen molar-refractivity contribution in [2.24, 2.45) is 5.92 Å². The van der Waals surface area contributed by atoms with Crippen LogP contribution in [0.3, 0.4) is 0 Å². The maximum atomic E-state index is 2.37. The average Bonchev–Trinajstić information content (AvgIpc) is 2.69. The number of allylic oxidation sites excluding steroid dienone is 1. The zero-order valence-electron chi connectivity index (χ0n) is 9.74. The van der Waals surface area contributed by atoms with E-state index >= 15 is 0 Å². The quantitative estimate of drug-likeness (QED) is 0.665. The second-order valence-electron chi connectivity index (χ2n) is 4.69. The summed E-state index contributed by atoms with van der Waals surface area (Å²) in [7, 11) is 0. The summed E-state index contributed by atoms with van der Waals surface area (Å²) in [4.78, 5) is 0. The molecule has 0 fully saturated rings. The van der Waals surface area contributed by atoms with Crippen molar-refractivity contribution in [2.45, 2.75) is 39.0 Å². The number of fused-ring (bicyclic) bond motifs is 1. The van der Waals surface area contributed by atoms with Gasteiger partial charge in [-0.1, -0.05) is 56.7 Å². The molecule has 0 aliphatic heterocycles. The second kappa shape index (κ2) is 4.65. The van der Waals surface area contributed by atoms with E-state index in [1.807, 2.05) is 0 Å². The highest BCUT2D eigenvalue weighted by Crippen LogP contribution is 2.34. The molecule has 0 bridgehead atoms. The molecule has 80 valence electrons. The lowest BCUT2D eigenvalue weighted by atomic mass is 9.91. The third-order valence-electron chi connectivity index (χ3n) is 3.57. The van der Waals surface area contributed by atoms with E-state index in [1.165, 1.54) is 30.4 Å². The van der Waals surface area contributed by atoms with Crippen molar-refractivity contribution in [3.05, 3.63) is 41.5 Å². The lowest BCUT2D eigenvalue weighted by Gasteiger charge is -2.13. The molecular formula is C15H20. The Balaban J connectivity index is 1.99. The maximum absolute atomic E-state index is 2.37. The zero-order chi connectivity index (χ0) is 10.7. The second-order valence-corrected chi connectivity index (χ2v) is 4.69. The molecule has 0 heterocycles. The number of hydrogen-bond donors (Lipinski definition) is 0. The highest BCUT2D eigenvalue weighted by Gasteiger charge is 2.16. The minimum Gasteiger partial charge on any atom is -0.0764 e. The third kappa shape index (κ3) is 2.31. The minimum atomic E-state index is 0.676. The number of benzene rings is 1. The summed E-state index contributed by atoms with van der Waals surface area (Å²) in [5.74, 6) is 1.54. The normalized spacial score (nSPS) is 20.3. The molecule has 0 saturated carbocycles. The van der Waals surface area contributed by atoms with Gasteiger partial charge >= 0.3 is 0 Å². The Labute approximate surface area is 93.0 Å². The predicted octanol–water partition coefficient (Wildman–Crippen LogP) is 4.62. The van der Waals surface area contributed by atoms with Crippen LogP contribution in [0.2, 0.25) is 0 Å². The largest absolute Gasteiger partial charge is 0.0764 e. The van der Waals surface area contributed by atoms with Crippen LogP contribution in [0.1, 0.15) is 50.2 Å². The third-order valence-corrected chi connectivity index (χ3v) is 3.57. The molecule has 0 spiro atoms. The van der Waals surface area contributed by atoms with Gasteiger partial charge in [0.1, 0.15) is 0 Å². The van der Waals surface area contributed by atoms with E-state index in [9.17, 15) is 0 Å². The van der Waals surface area contributed by atoms with Crippen LogP contribution in [0.5, 0.6) is 0 Å². The fourth-order valence-corrected chi connectivity index (χ4v) is 2.24. The first-order valence-electron chi connectivity index (χ1n) is 6.08. The Morgan fingerprint density at radius 3 is 2.87 bits per heavy atom. The first-order chi connectivity index (χ1) is 7.31. The van der Waals surface area contributed by atoms with Crippen molar-refractivity contribution in [3.8, 4) is 0 Å². The molecule has 2 unspecified atom stereocenters. The van der Waals surface area contributed by atoms with E-state index in [0.717, 1.165) is 5.92 Å². The van der Waals surface area contributed by atoms with Crippen LogP contribution >= 0.6 is 0 Å². The molecule has 0 heteroatoms. The van der Waals surface area contributed by atoms with Crippen LogP contribution < -0.4 is 0 Å². The molecule has 15 heavy (non-hydrogen) atoms. The fourth-order valence-electron chi connectivity index (χ4n) is 2.24. The monoisotopic (exact) mass is 200 g/mol. The molecule has 0 nitrogen and oxygen atoms in total. The standard InChI is InChI=1S/C15H20/c1-3-12(2)8-9-14-11-10-13-6-4-5-7-15(13)14/h4-7,10-12,14H,3,8-9H2,1-2H3. The minimum absolute atomic E-state index is 0.676. The summed E-state index contributed by atoms with van der Waals surface area (Å²) in [6.45, 7) is 4.63. The molecular weight excluding hydrogens is 180 g/mol. The van der Waals surface area contributed by atoms with Gasteiger partial charge in [0.2, 0.25) is 0 Å². The molecule has 0 saturated heterocycles. The van der Waals surface area contributed by atoms with Gasteiger partial charge in [-0.05, 0) is 29.9 Å². The molecule has 1 aliphatic rings. The summed E-state index contributed by atoms with van der Waals surface area (Å²) in [6, 6.07) is 8.77. The van der Waals surface area contributed by atoms with Crippen LogP contribution in [0.15, 0.2) is 30.3 Å². The van der Waals surface area contributed by atoms with Gasteiger partial charge < -0.3 is 0 Å². The van der Waals surface area contributed by atoms with Gasteiger partial charge in [0, 0.05) is 5.92 Å². The first-order valence-corrected chi connectivity index (χ1v) is 6.08. The predicted molar refractivity (Wildman–Crippen MR) is 66.9 cm³/mol. The maximum Gasteiger partial charge on any atom is 0.00273 e. The topological polar surface area (TPSA) is 0 Å². The summed E-state index contributed by atoms with van der Waals surface area (Å²) in [5.41, 5.74) is 2.95. The molecule has 2 atom stereocenters. The van der Waals surface area contributed by atoms with E-state index < -0.39 is 0 Å². The highest BCUT2D eigenvalue weighted by atomic mass is 14.2. The smallest absolute Gasteiger partial charge is 0.00273 e.